The van der Waals surface area contributed by atoms with Gasteiger partial charge < -0.3 is 0 Å². The predicted octanol–water partition coefficient (Wildman–Crippen LogP) is 3.37. The molecule has 0 atom stereocenters. The fourth-order valence-corrected chi connectivity index (χ4v) is 2.51. The Balaban J connectivity index is 1.96. The zero-order chi connectivity index (χ0) is 16.6. The number of nitrogens with zero attached hydrogens (tertiary/aromatic N) is 6. The van der Waals surface area contributed by atoms with Crippen molar-refractivity contribution in [3.63, 3.8) is 0 Å². The summed E-state index contributed by atoms with van der Waals surface area (Å²) < 4.78 is 28.4. The van der Waals surface area contributed by atoms with Crippen molar-refractivity contribution in [2.24, 2.45) is 7.05 Å². The molecule has 0 aliphatic rings. The molecule has 3 aromatic rings. The third-order valence-electron chi connectivity index (χ3n) is 3.19. The van der Waals surface area contributed by atoms with E-state index in [4.69, 9.17) is 23.2 Å². The highest BCUT2D eigenvalue weighted by molar-refractivity contribution is 6.33. The van der Waals surface area contributed by atoms with E-state index in [0.29, 0.717) is 16.4 Å². The molecule has 0 aliphatic carbocycles. The molecule has 0 amide bonds. The number of aryl methyl sites for hydroxylation is 1. The summed E-state index contributed by atoms with van der Waals surface area (Å²) in [7, 11) is 1.40. The van der Waals surface area contributed by atoms with Crippen LogP contribution in [-0.2, 0) is 13.6 Å². The van der Waals surface area contributed by atoms with Crippen LogP contribution < -0.4 is 0 Å². The lowest BCUT2D eigenvalue weighted by atomic mass is 10.2. The van der Waals surface area contributed by atoms with Crippen LogP contribution >= 0.6 is 23.2 Å². The van der Waals surface area contributed by atoms with Gasteiger partial charge in [0.2, 0.25) is 5.28 Å². The average Bonchev–Trinajstić information content (AvgIpc) is 3.03. The van der Waals surface area contributed by atoms with E-state index >= 15 is 0 Å². The van der Waals surface area contributed by atoms with Gasteiger partial charge >= 0.3 is 0 Å². The van der Waals surface area contributed by atoms with Gasteiger partial charge in [0.05, 0.1) is 11.6 Å². The van der Waals surface area contributed by atoms with Crippen molar-refractivity contribution in [2.45, 2.75) is 13.0 Å². The average molecular weight is 359 g/mol. The van der Waals surface area contributed by atoms with Gasteiger partial charge in [0, 0.05) is 12.6 Å². The Hall–Kier alpha value is -2.06. The van der Waals surface area contributed by atoms with Gasteiger partial charge in [-0.05, 0) is 23.7 Å². The van der Waals surface area contributed by atoms with Gasteiger partial charge in [-0.25, -0.2) is 18.1 Å². The fraction of sp³-hybridized carbons (Fsp3) is 0.231. The van der Waals surface area contributed by atoms with Crippen LogP contribution in [0.5, 0.6) is 0 Å². The molecule has 10 heteroatoms. The second kappa shape index (κ2) is 6.21. The topological polar surface area (TPSA) is 61.4 Å². The molecular formula is C13H10Cl2F2N6. The molecule has 0 saturated heterocycles. The van der Waals surface area contributed by atoms with Gasteiger partial charge in [0.25, 0.3) is 6.43 Å². The SMILES string of the molecule is Cn1nnc(Cn2nc(-c3ccccc3Cl)nc2Cl)c1C(F)F. The van der Waals surface area contributed by atoms with E-state index in [1.54, 1.807) is 24.3 Å². The Kier molecular flexibility index (Phi) is 4.27. The first-order valence-electron chi connectivity index (χ1n) is 6.49. The van der Waals surface area contributed by atoms with Crippen LogP contribution in [0.25, 0.3) is 11.4 Å². The number of benzene rings is 1. The zero-order valence-electron chi connectivity index (χ0n) is 11.8. The van der Waals surface area contributed by atoms with E-state index < -0.39 is 6.43 Å². The molecule has 6 nitrogen and oxygen atoms in total. The van der Waals surface area contributed by atoms with E-state index in [0.717, 1.165) is 4.68 Å². The Morgan fingerprint density at radius 2 is 1.96 bits per heavy atom. The molecule has 0 unspecified atom stereocenters. The van der Waals surface area contributed by atoms with E-state index in [1.807, 2.05) is 0 Å². The lowest BCUT2D eigenvalue weighted by Crippen LogP contribution is -2.07. The number of hydrogen-bond donors (Lipinski definition) is 0. The van der Waals surface area contributed by atoms with Crippen LogP contribution in [0.4, 0.5) is 8.78 Å². The van der Waals surface area contributed by atoms with E-state index in [-0.39, 0.29) is 23.2 Å². The summed E-state index contributed by atoms with van der Waals surface area (Å²) in [5, 5.41) is 12.1. The molecule has 0 fully saturated rings. The van der Waals surface area contributed by atoms with Crippen molar-refractivity contribution in [1.82, 2.24) is 29.8 Å². The summed E-state index contributed by atoms with van der Waals surface area (Å²) in [4.78, 5) is 4.11. The van der Waals surface area contributed by atoms with E-state index in [1.165, 1.54) is 11.7 Å². The van der Waals surface area contributed by atoms with Gasteiger partial charge in [-0.2, -0.15) is 4.98 Å². The van der Waals surface area contributed by atoms with E-state index in [2.05, 4.69) is 20.4 Å². The minimum Gasteiger partial charge on any atom is -0.246 e. The van der Waals surface area contributed by atoms with Crippen LogP contribution in [0.3, 0.4) is 0 Å². The van der Waals surface area contributed by atoms with E-state index in [9.17, 15) is 8.78 Å². The summed E-state index contributed by atoms with van der Waals surface area (Å²) in [6, 6.07) is 7.00. The normalized spacial score (nSPS) is 11.4. The lowest BCUT2D eigenvalue weighted by Gasteiger charge is -2.03. The highest BCUT2D eigenvalue weighted by Gasteiger charge is 2.22. The maximum atomic E-state index is 13.1. The standard InChI is InChI=1S/C13H10Cl2F2N6/c1-22-10(11(16)17)9(19-21-22)6-23-13(15)18-12(20-23)7-4-2-3-5-8(7)14/h2-5,11H,6H2,1H3. The molecule has 2 aromatic heterocycles. The molecule has 0 bridgehead atoms. The maximum absolute atomic E-state index is 13.1. The second-order valence-corrected chi connectivity index (χ2v) is 5.43. The second-order valence-electron chi connectivity index (χ2n) is 4.69. The van der Waals surface area contributed by atoms with Crippen molar-refractivity contribution in [3.05, 3.63) is 46.0 Å². The monoisotopic (exact) mass is 358 g/mol. The molecular weight excluding hydrogens is 349 g/mol. The predicted molar refractivity (Wildman–Crippen MR) is 80.5 cm³/mol. The summed E-state index contributed by atoms with van der Waals surface area (Å²) in [5.74, 6) is 0.308. The molecule has 2 heterocycles. The van der Waals surface area contributed by atoms with Gasteiger partial charge in [0.1, 0.15) is 11.4 Å². The number of aromatic nitrogens is 6. The van der Waals surface area contributed by atoms with Crippen LogP contribution in [0.15, 0.2) is 24.3 Å². The van der Waals surface area contributed by atoms with Crippen molar-refractivity contribution in [2.75, 3.05) is 0 Å². The third-order valence-corrected chi connectivity index (χ3v) is 3.80. The molecule has 3 rings (SSSR count). The molecule has 0 aliphatic heterocycles. The number of hydrogen-bond acceptors (Lipinski definition) is 4. The van der Waals surface area contributed by atoms with Crippen molar-refractivity contribution in [1.29, 1.82) is 0 Å². The first kappa shape index (κ1) is 15.8. The van der Waals surface area contributed by atoms with Crippen LogP contribution in [0.1, 0.15) is 17.8 Å². The van der Waals surface area contributed by atoms with Gasteiger partial charge in [-0.3, -0.25) is 0 Å². The van der Waals surface area contributed by atoms with Gasteiger partial charge in [0.15, 0.2) is 5.82 Å². The number of halogens is 4. The van der Waals surface area contributed by atoms with Crippen molar-refractivity contribution in [3.8, 4) is 11.4 Å². The summed E-state index contributed by atoms with van der Waals surface area (Å²) in [5.41, 5.74) is 0.402. The Morgan fingerprint density at radius 1 is 1.22 bits per heavy atom. The maximum Gasteiger partial charge on any atom is 0.281 e. The first-order valence-corrected chi connectivity index (χ1v) is 7.24. The number of alkyl halides is 2. The quantitative estimate of drug-likeness (QED) is 0.717. The Labute approximate surface area is 139 Å². The molecule has 0 N–H and O–H groups in total. The first-order chi connectivity index (χ1) is 11.0. The molecule has 0 radical (unpaired) electrons. The lowest BCUT2D eigenvalue weighted by molar-refractivity contribution is 0.139. The minimum atomic E-state index is -2.70. The number of rotatable bonds is 4. The van der Waals surface area contributed by atoms with Crippen LogP contribution in [-0.4, -0.2) is 29.8 Å². The van der Waals surface area contributed by atoms with Crippen molar-refractivity contribution < 1.29 is 8.78 Å². The summed E-state index contributed by atoms with van der Waals surface area (Å²) >= 11 is 12.1. The molecule has 0 spiro atoms. The molecule has 120 valence electrons. The molecule has 23 heavy (non-hydrogen) atoms. The summed E-state index contributed by atoms with van der Waals surface area (Å²) in [6.45, 7) is -0.0657. The Bertz CT molecular complexity index is 845. The van der Waals surface area contributed by atoms with Crippen LogP contribution in [0, 0.1) is 0 Å². The highest BCUT2D eigenvalue weighted by Crippen LogP contribution is 2.27. The van der Waals surface area contributed by atoms with Gasteiger partial charge in [-0.1, -0.05) is 28.9 Å². The zero-order valence-corrected chi connectivity index (χ0v) is 13.3. The fourth-order valence-electron chi connectivity index (χ4n) is 2.11. The van der Waals surface area contributed by atoms with Crippen molar-refractivity contribution >= 4 is 23.2 Å². The molecule has 0 saturated carbocycles. The smallest absolute Gasteiger partial charge is 0.246 e. The highest BCUT2D eigenvalue weighted by atomic mass is 35.5. The van der Waals surface area contributed by atoms with Gasteiger partial charge in [-0.15, -0.1) is 10.2 Å². The molecule has 1 aromatic carbocycles. The largest absolute Gasteiger partial charge is 0.281 e. The Morgan fingerprint density at radius 3 is 2.65 bits per heavy atom. The summed E-state index contributed by atoms with van der Waals surface area (Å²) in [6.07, 6.45) is -2.70. The third kappa shape index (κ3) is 3.04. The minimum absolute atomic E-state index is 0.0470. The van der Waals surface area contributed by atoms with Crippen LogP contribution in [0.2, 0.25) is 10.3 Å².